The normalized spacial score (nSPS) is 15.4. The van der Waals surface area contributed by atoms with Crippen molar-refractivity contribution < 1.29 is 39.0 Å². The maximum absolute atomic E-state index is 11.1. The number of rotatable bonds is 17. The van der Waals surface area contributed by atoms with Crippen LogP contribution in [-0.4, -0.2) is 94.6 Å². The summed E-state index contributed by atoms with van der Waals surface area (Å²) in [5, 5.41) is 37.3. The standard InChI is InChI=1S/C18H37NO4.C5H11NO2/c1-4-5-6-7-8-9-10-11-12-13-14-19(16(2)20,17(3)21)15-18(22)23;1-6(2,3)4-5(7)8/h16-17,20-21H,4-15H2,1-3H3;4H2,1-3H3/p+2. The second-order valence-corrected chi connectivity index (χ2v) is 9.67. The number of aliphatic carboxylic acids is 2. The Kier molecular flexibility index (Phi) is 17.9. The number of aliphatic hydroxyl groups is 2. The molecule has 0 saturated carbocycles. The van der Waals surface area contributed by atoms with Gasteiger partial charge >= 0.3 is 11.9 Å². The molecule has 2 unspecified atom stereocenters. The fourth-order valence-electron chi connectivity index (χ4n) is 3.58. The molecule has 0 aromatic carbocycles. The maximum atomic E-state index is 11.1. The Labute approximate surface area is 189 Å². The van der Waals surface area contributed by atoms with E-state index in [1.807, 2.05) is 21.1 Å². The van der Waals surface area contributed by atoms with Crippen molar-refractivity contribution in [1.82, 2.24) is 0 Å². The van der Waals surface area contributed by atoms with E-state index in [1.54, 1.807) is 13.8 Å². The lowest BCUT2D eigenvalue weighted by Gasteiger charge is -2.42. The first-order chi connectivity index (χ1) is 14.3. The van der Waals surface area contributed by atoms with E-state index in [0.717, 1.165) is 19.3 Å². The Hall–Kier alpha value is -1.22. The average Bonchev–Trinajstić information content (AvgIpc) is 2.59. The van der Waals surface area contributed by atoms with Crippen molar-refractivity contribution in [3.63, 3.8) is 0 Å². The van der Waals surface area contributed by atoms with Gasteiger partial charge in [-0.3, -0.25) is 4.48 Å². The zero-order valence-electron chi connectivity index (χ0n) is 20.8. The molecule has 0 heterocycles. The predicted molar refractivity (Wildman–Crippen MR) is 123 cm³/mol. The van der Waals surface area contributed by atoms with Crippen molar-refractivity contribution in [2.45, 2.75) is 97.4 Å². The quantitative estimate of drug-likeness (QED) is 0.154. The minimum Gasteiger partial charge on any atom is -0.477 e. The van der Waals surface area contributed by atoms with Crippen molar-refractivity contribution in [3.8, 4) is 0 Å². The molecule has 0 bridgehead atoms. The predicted octanol–water partition coefficient (Wildman–Crippen LogP) is 3.26. The van der Waals surface area contributed by atoms with Crippen LogP contribution in [0.2, 0.25) is 0 Å². The topological polar surface area (TPSA) is 115 Å². The van der Waals surface area contributed by atoms with E-state index < -0.39 is 24.4 Å². The largest absolute Gasteiger partial charge is 0.477 e. The van der Waals surface area contributed by atoms with Crippen LogP contribution in [0, 0.1) is 0 Å². The summed E-state index contributed by atoms with van der Waals surface area (Å²) in [6.45, 7) is 5.78. The third kappa shape index (κ3) is 18.1. The zero-order chi connectivity index (χ0) is 24.5. The van der Waals surface area contributed by atoms with Crippen LogP contribution in [0.3, 0.4) is 0 Å². The summed E-state index contributed by atoms with van der Waals surface area (Å²) in [5.74, 6) is -1.74. The molecule has 0 aromatic heterocycles. The van der Waals surface area contributed by atoms with Crippen LogP contribution < -0.4 is 0 Å². The first-order valence-electron chi connectivity index (χ1n) is 11.7. The van der Waals surface area contributed by atoms with Gasteiger partial charge in [0.2, 0.25) is 0 Å². The molecule has 0 saturated heterocycles. The van der Waals surface area contributed by atoms with Gasteiger partial charge < -0.3 is 24.9 Å². The number of carbonyl (C=O) groups is 2. The number of hydrogen-bond acceptors (Lipinski definition) is 4. The summed E-state index contributed by atoms with van der Waals surface area (Å²) < 4.78 is 0.307. The highest BCUT2D eigenvalue weighted by Gasteiger charge is 2.39. The highest BCUT2D eigenvalue weighted by atomic mass is 16.4. The minimum atomic E-state index is -0.987. The number of carboxylic acids is 2. The number of unbranched alkanes of at least 4 members (excludes halogenated alkanes) is 9. The van der Waals surface area contributed by atoms with Crippen molar-refractivity contribution >= 4 is 11.9 Å². The Morgan fingerprint density at radius 3 is 1.29 bits per heavy atom. The van der Waals surface area contributed by atoms with Gasteiger partial charge in [0.05, 0.1) is 27.7 Å². The van der Waals surface area contributed by atoms with E-state index in [4.69, 9.17) is 10.2 Å². The van der Waals surface area contributed by atoms with Crippen molar-refractivity contribution in [3.05, 3.63) is 0 Å². The molecule has 0 aromatic rings. The highest BCUT2D eigenvalue weighted by Crippen LogP contribution is 2.19. The van der Waals surface area contributed by atoms with Gasteiger partial charge in [0.25, 0.3) is 0 Å². The molecule has 0 aliphatic heterocycles. The lowest BCUT2D eigenvalue weighted by molar-refractivity contribution is -1.00. The van der Waals surface area contributed by atoms with Crippen LogP contribution in [0.4, 0.5) is 0 Å². The Morgan fingerprint density at radius 1 is 0.677 bits per heavy atom. The summed E-state index contributed by atoms with van der Waals surface area (Å²) in [6, 6.07) is 0. The Balaban J connectivity index is 0. The van der Waals surface area contributed by atoms with Crippen LogP contribution in [0.5, 0.6) is 0 Å². The Morgan fingerprint density at radius 2 is 1.03 bits per heavy atom. The number of hydrogen-bond donors (Lipinski definition) is 4. The van der Waals surface area contributed by atoms with Crippen molar-refractivity contribution in [2.75, 3.05) is 40.8 Å². The van der Waals surface area contributed by atoms with Gasteiger partial charge in [-0.15, -0.1) is 0 Å². The third-order valence-electron chi connectivity index (χ3n) is 5.46. The molecule has 8 heteroatoms. The van der Waals surface area contributed by atoms with E-state index in [9.17, 15) is 19.8 Å². The minimum absolute atomic E-state index is 0.174. The first kappa shape index (κ1) is 32.0. The van der Waals surface area contributed by atoms with Gasteiger partial charge in [0.1, 0.15) is 0 Å². The molecule has 0 radical (unpaired) electrons. The maximum Gasteiger partial charge on any atom is 0.359 e. The molecule has 0 aliphatic carbocycles. The summed E-state index contributed by atoms with van der Waals surface area (Å²) in [5.41, 5.74) is 0. The number of quaternary nitrogens is 2. The van der Waals surface area contributed by atoms with Gasteiger partial charge in [-0.05, 0) is 12.8 Å². The summed E-state index contributed by atoms with van der Waals surface area (Å²) >= 11 is 0. The smallest absolute Gasteiger partial charge is 0.359 e. The molecular formula is C23H50N2O6+2. The van der Waals surface area contributed by atoms with E-state index in [1.165, 1.54) is 44.9 Å². The van der Waals surface area contributed by atoms with E-state index in [2.05, 4.69) is 6.92 Å². The molecule has 31 heavy (non-hydrogen) atoms. The number of aliphatic hydroxyl groups excluding tert-OH is 2. The average molecular weight is 451 g/mol. The van der Waals surface area contributed by atoms with Crippen molar-refractivity contribution in [1.29, 1.82) is 0 Å². The molecule has 4 N–H and O–H groups in total. The van der Waals surface area contributed by atoms with Crippen LogP contribution >= 0.6 is 0 Å². The lowest BCUT2D eigenvalue weighted by atomic mass is 10.1. The van der Waals surface area contributed by atoms with Gasteiger partial charge in [0.15, 0.2) is 25.5 Å². The third-order valence-corrected chi connectivity index (χ3v) is 5.46. The van der Waals surface area contributed by atoms with Crippen LogP contribution in [0.25, 0.3) is 0 Å². The molecule has 0 spiro atoms. The molecule has 0 fully saturated rings. The number of nitrogens with zero attached hydrogens (tertiary/aromatic N) is 2. The van der Waals surface area contributed by atoms with Gasteiger partial charge in [0, 0.05) is 13.8 Å². The lowest BCUT2D eigenvalue weighted by Crippen LogP contribution is -2.62. The molecule has 0 aliphatic rings. The molecule has 0 rings (SSSR count). The highest BCUT2D eigenvalue weighted by molar-refractivity contribution is 5.68. The van der Waals surface area contributed by atoms with Gasteiger partial charge in [-0.25, -0.2) is 9.59 Å². The second kappa shape index (κ2) is 17.3. The van der Waals surface area contributed by atoms with Gasteiger partial charge in [-0.1, -0.05) is 58.3 Å². The Bertz CT molecular complexity index is 467. The second-order valence-electron chi connectivity index (χ2n) is 9.67. The number of carboxylic acid groups (broad SMARTS) is 2. The zero-order valence-corrected chi connectivity index (χ0v) is 20.8. The summed E-state index contributed by atoms with van der Waals surface area (Å²) in [4.78, 5) is 21.1. The van der Waals surface area contributed by atoms with Crippen LogP contribution in [0.1, 0.15) is 85.0 Å². The van der Waals surface area contributed by atoms with Gasteiger partial charge in [-0.2, -0.15) is 0 Å². The summed E-state index contributed by atoms with van der Waals surface area (Å²) in [6.07, 6.45) is 10.3. The molecule has 0 amide bonds. The molecule has 8 nitrogen and oxygen atoms in total. The van der Waals surface area contributed by atoms with E-state index in [0.29, 0.717) is 11.0 Å². The first-order valence-corrected chi connectivity index (χ1v) is 11.7. The fraction of sp³-hybridized carbons (Fsp3) is 0.913. The van der Waals surface area contributed by atoms with Crippen LogP contribution in [-0.2, 0) is 9.59 Å². The molecule has 186 valence electrons. The SMILES string of the molecule is CCCCCCCCCCCC[N+](CC(=O)O)(C(C)O)C(C)O.C[N+](C)(C)CC(=O)O. The number of likely N-dealkylation sites (N-methyl/N-ethyl adjacent to an activating group) is 1. The van der Waals surface area contributed by atoms with E-state index in [-0.39, 0.29) is 17.6 Å². The molecule has 2 atom stereocenters. The summed E-state index contributed by atoms with van der Waals surface area (Å²) in [7, 11) is 5.52. The molecular weight excluding hydrogens is 400 g/mol. The fourth-order valence-corrected chi connectivity index (χ4v) is 3.58. The van der Waals surface area contributed by atoms with E-state index >= 15 is 0 Å². The van der Waals surface area contributed by atoms with Crippen molar-refractivity contribution in [2.24, 2.45) is 0 Å². The van der Waals surface area contributed by atoms with Crippen LogP contribution in [0.15, 0.2) is 0 Å². The monoisotopic (exact) mass is 450 g/mol.